The number of methoxy groups -OCH3 is 1. The van der Waals surface area contributed by atoms with Crippen molar-refractivity contribution in [1.29, 1.82) is 0 Å². The van der Waals surface area contributed by atoms with Gasteiger partial charge in [-0.25, -0.2) is 4.98 Å². The van der Waals surface area contributed by atoms with Crippen LogP contribution in [0.3, 0.4) is 0 Å². The Kier molecular flexibility index (Phi) is 7.42. The van der Waals surface area contributed by atoms with E-state index in [-0.39, 0.29) is 0 Å². The van der Waals surface area contributed by atoms with Gasteiger partial charge in [-0.2, -0.15) is 0 Å². The largest absolute Gasteiger partial charge is 0.382 e. The third-order valence-electron chi connectivity index (χ3n) is 2.42. The van der Waals surface area contributed by atoms with Crippen LogP contribution in [0.1, 0.15) is 19.8 Å². The molecule has 0 aromatic carbocycles. The van der Waals surface area contributed by atoms with Crippen molar-refractivity contribution < 1.29 is 9.47 Å². The molecule has 1 aromatic rings. The topological polar surface area (TPSA) is 48.3 Å². The SMILES string of the molecule is CCNc1nccn1CCCCOCCOC. The van der Waals surface area contributed by atoms with Crippen molar-refractivity contribution in [3.05, 3.63) is 12.4 Å². The number of aryl methyl sites for hydroxylation is 1. The fourth-order valence-corrected chi connectivity index (χ4v) is 1.55. The lowest BCUT2D eigenvalue weighted by Gasteiger charge is -2.08. The van der Waals surface area contributed by atoms with Crippen LogP contribution in [0.4, 0.5) is 5.95 Å². The minimum absolute atomic E-state index is 0.673. The second-order valence-corrected chi connectivity index (χ2v) is 3.79. The third kappa shape index (κ3) is 5.70. The Hall–Kier alpha value is -1.07. The Morgan fingerprint density at radius 2 is 2.18 bits per heavy atom. The Bertz CT molecular complexity index is 289. The molecule has 0 amide bonds. The molecule has 0 spiro atoms. The molecule has 0 radical (unpaired) electrons. The van der Waals surface area contributed by atoms with E-state index in [1.165, 1.54) is 0 Å². The molecule has 0 bridgehead atoms. The number of nitrogens with one attached hydrogen (secondary N) is 1. The Morgan fingerprint density at radius 3 is 2.94 bits per heavy atom. The van der Waals surface area contributed by atoms with Crippen LogP contribution < -0.4 is 5.32 Å². The highest BCUT2D eigenvalue weighted by Gasteiger charge is 2.00. The molecule has 1 N–H and O–H groups in total. The third-order valence-corrected chi connectivity index (χ3v) is 2.42. The maximum atomic E-state index is 5.41. The van der Waals surface area contributed by atoms with Gasteiger partial charge in [0, 0.05) is 39.2 Å². The number of hydrogen-bond acceptors (Lipinski definition) is 4. The zero-order valence-electron chi connectivity index (χ0n) is 10.8. The van der Waals surface area contributed by atoms with E-state index in [4.69, 9.17) is 9.47 Å². The minimum Gasteiger partial charge on any atom is -0.382 e. The van der Waals surface area contributed by atoms with Crippen LogP contribution in [-0.4, -0.2) is 43.0 Å². The van der Waals surface area contributed by atoms with Gasteiger partial charge in [0.05, 0.1) is 13.2 Å². The standard InChI is InChI=1S/C12H23N3O2/c1-3-13-12-14-6-8-15(12)7-4-5-9-17-11-10-16-2/h6,8H,3-5,7,9-11H2,1-2H3,(H,13,14). The van der Waals surface area contributed by atoms with Crippen molar-refractivity contribution >= 4 is 5.95 Å². The molecule has 0 unspecified atom stereocenters. The van der Waals surface area contributed by atoms with E-state index in [0.29, 0.717) is 13.2 Å². The summed E-state index contributed by atoms with van der Waals surface area (Å²) in [6, 6.07) is 0. The van der Waals surface area contributed by atoms with Crippen molar-refractivity contribution in [3.8, 4) is 0 Å². The molecule has 0 fully saturated rings. The molecule has 0 saturated carbocycles. The van der Waals surface area contributed by atoms with Crippen molar-refractivity contribution in [2.24, 2.45) is 0 Å². The first kappa shape index (κ1) is 14.0. The summed E-state index contributed by atoms with van der Waals surface area (Å²) in [6.45, 7) is 6.11. The molecular formula is C12H23N3O2. The highest BCUT2D eigenvalue weighted by molar-refractivity contribution is 5.25. The number of ether oxygens (including phenoxy) is 2. The summed E-state index contributed by atoms with van der Waals surface area (Å²) < 4.78 is 12.4. The number of imidazole rings is 1. The molecule has 0 atom stereocenters. The highest BCUT2D eigenvalue weighted by Crippen LogP contribution is 2.06. The number of nitrogens with zero attached hydrogens (tertiary/aromatic N) is 2. The summed E-state index contributed by atoms with van der Waals surface area (Å²) in [6.07, 6.45) is 5.99. The average Bonchev–Trinajstić information content (AvgIpc) is 2.76. The summed E-state index contributed by atoms with van der Waals surface area (Å²) in [5.74, 6) is 0.952. The molecule has 0 aliphatic carbocycles. The zero-order valence-corrected chi connectivity index (χ0v) is 10.8. The molecule has 0 aliphatic heterocycles. The molecule has 98 valence electrons. The van der Waals surface area contributed by atoms with E-state index in [1.54, 1.807) is 7.11 Å². The van der Waals surface area contributed by atoms with Gasteiger partial charge in [0.15, 0.2) is 0 Å². The number of unbranched alkanes of at least 4 members (excludes halogenated alkanes) is 1. The smallest absolute Gasteiger partial charge is 0.202 e. The Balaban J connectivity index is 2.07. The summed E-state index contributed by atoms with van der Waals surface area (Å²) in [5, 5.41) is 3.23. The van der Waals surface area contributed by atoms with E-state index < -0.39 is 0 Å². The van der Waals surface area contributed by atoms with Gasteiger partial charge >= 0.3 is 0 Å². The molecule has 1 aromatic heterocycles. The Labute approximate surface area is 103 Å². The van der Waals surface area contributed by atoms with Gasteiger partial charge in [-0.1, -0.05) is 0 Å². The maximum Gasteiger partial charge on any atom is 0.202 e. The number of aromatic nitrogens is 2. The van der Waals surface area contributed by atoms with E-state index in [9.17, 15) is 0 Å². The normalized spacial score (nSPS) is 10.7. The molecule has 17 heavy (non-hydrogen) atoms. The zero-order chi connectivity index (χ0) is 12.3. The lowest BCUT2D eigenvalue weighted by molar-refractivity contribution is 0.0684. The second kappa shape index (κ2) is 9.01. The average molecular weight is 241 g/mol. The first-order chi connectivity index (χ1) is 8.38. The van der Waals surface area contributed by atoms with Crippen molar-refractivity contribution in [2.45, 2.75) is 26.3 Å². The molecule has 0 saturated heterocycles. The van der Waals surface area contributed by atoms with Gasteiger partial charge < -0.3 is 19.4 Å². The summed E-state index contributed by atoms with van der Waals surface area (Å²) >= 11 is 0. The monoisotopic (exact) mass is 241 g/mol. The fourth-order valence-electron chi connectivity index (χ4n) is 1.55. The van der Waals surface area contributed by atoms with Gasteiger partial charge in [0.25, 0.3) is 0 Å². The van der Waals surface area contributed by atoms with Gasteiger partial charge in [-0.3, -0.25) is 0 Å². The minimum atomic E-state index is 0.673. The van der Waals surface area contributed by atoms with Crippen LogP contribution in [0.2, 0.25) is 0 Å². The number of anilines is 1. The second-order valence-electron chi connectivity index (χ2n) is 3.79. The highest BCUT2D eigenvalue weighted by atomic mass is 16.5. The summed E-state index contributed by atoms with van der Waals surface area (Å²) in [7, 11) is 1.69. The van der Waals surface area contributed by atoms with Gasteiger partial charge in [-0.05, 0) is 19.8 Å². The van der Waals surface area contributed by atoms with E-state index >= 15 is 0 Å². The molecule has 5 nitrogen and oxygen atoms in total. The van der Waals surface area contributed by atoms with E-state index in [2.05, 4.69) is 21.8 Å². The van der Waals surface area contributed by atoms with Crippen molar-refractivity contribution in [3.63, 3.8) is 0 Å². The van der Waals surface area contributed by atoms with Gasteiger partial charge in [0.1, 0.15) is 0 Å². The van der Waals surface area contributed by atoms with Crippen LogP contribution in [0.25, 0.3) is 0 Å². The number of hydrogen-bond donors (Lipinski definition) is 1. The molecule has 5 heteroatoms. The summed E-state index contributed by atoms with van der Waals surface area (Å²) in [4.78, 5) is 4.25. The Morgan fingerprint density at radius 1 is 1.29 bits per heavy atom. The van der Waals surface area contributed by atoms with Gasteiger partial charge in [-0.15, -0.1) is 0 Å². The molecular weight excluding hydrogens is 218 g/mol. The van der Waals surface area contributed by atoms with Gasteiger partial charge in [0.2, 0.25) is 5.95 Å². The van der Waals surface area contributed by atoms with Crippen LogP contribution in [-0.2, 0) is 16.0 Å². The van der Waals surface area contributed by atoms with Crippen LogP contribution in [0.5, 0.6) is 0 Å². The van der Waals surface area contributed by atoms with Crippen LogP contribution >= 0.6 is 0 Å². The van der Waals surface area contributed by atoms with E-state index in [1.807, 2.05) is 12.4 Å². The fraction of sp³-hybridized carbons (Fsp3) is 0.750. The van der Waals surface area contributed by atoms with Crippen LogP contribution in [0.15, 0.2) is 12.4 Å². The summed E-state index contributed by atoms with van der Waals surface area (Å²) in [5.41, 5.74) is 0. The molecule has 1 rings (SSSR count). The lowest BCUT2D eigenvalue weighted by atomic mass is 10.3. The number of rotatable bonds is 10. The van der Waals surface area contributed by atoms with Crippen LogP contribution in [0, 0.1) is 0 Å². The van der Waals surface area contributed by atoms with E-state index in [0.717, 1.165) is 38.5 Å². The molecule has 0 aliphatic rings. The lowest BCUT2D eigenvalue weighted by Crippen LogP contribution is -2.08. The first-order valence-corrected chi connectivity index (χ1v) is 6.20. The predicted octanol–water partition coefficient (Wildman–Crippen LogP) is 1.76. The predicted molar refractivity (Wildman–Crippen MR) is 68.3 cm³/mol. The first-order valence-electron chi connectivity index (χ1n) is 6.20. The van der Waals surface area contributed by atoms with Crippen molar-refractivity contribution in [1.82, 2.24) is 9.55 Å². The maximum absolute atomic E-state index is 5.41. The van der Waals surface area contributed by atoms with Crippen molar-refractivity contribution in [2.75, 3.05) is 38.8 Å². The quantitative estimate of drug-likeness (QED) is 0.634. The molecule has 1 heterocycles.